The minimum atomic E-state index is -1.15. The van der Waals surface area contributed by atoms with Crippen molar-refractivity contribution in [1.29, 1.82) is 0 Å². The maximum atomic E-state index is 11.5. The molecule has 0 aromatic heterocycles. The van der Waals surface area contributed by atoms with E-state index in [4.69, 9.17) is 16.7 Å². The van der Waals surface area contributed by atoms with Crippen molar-refractivity contribution in [3.63, 3.8) is 0 Å². The molecule has 1 rings (SSSR count). The summed E-state index contributed by atoms with van der Waals surface area (Å²) >= 11 is 5.96. The summed E-state index contributed by atoms with van der Waals surface area (Å²) in [4.78, 5) is 32.9. The molecule has 112 valence electrons. The summed E-state index contributed by atoms with van der Waals surface area (Å²) in [6.45, 7) is 1.11. The second kappa shape index (κ2) is 8.06. The van der Waals surface area contributed by atoms with E-state index in [1.54, 1.807) is 12.1 Å². The lowest BCUT2D eigenvalue weighted by atomic mass is 10.1. The lowest BCUT2D eigenvalue weighted by molar-refractivity contribution is -0.137. The molecule has 0 heterocycles. The molecular formula is C14H15ClN2O4. The smallest absolute Gasteiger partial charge is 0.322 e. The van der Waals surface area contributed by atoms with Crippen molar-refractivity contribution in [2.75, 3.05) is 13.1 Å². The minimum absolute atomic E-state index is 0.287. The Kier molecular flexibility index (Phi) is 6.42. The van der Waals surface area contributed by atoms with Crippen molar-refractivity contribution in [3.8, 4) is 0 Å². The monoisotopic (exact) mass is 310 g/mol. The van der Waals surface area contributed by atoms with Crippen molar-refractivity contribution in [2.24, 2.45) is 0 Å². The van der Waals surface area contributed by atoms with E-state index < -0.39 is 24.3 Å². The van der Waals surface area contributed by atoms with E-state index in [0.717, 1.165) is 11.1 Å². The third-order valence-corrected chi connectivity index (χ3v) is 2.89. The van der Waals surface area contributed by atoms with Crippen molar-refractivity contribution in [3.05, 3.63) is 40.4 Å². The summed E-state index contributed by atoms with van der Waals surface area (Å²) in [5.74, 6) is -2.18. The molecule has 0 atom stereocenters. The number of carboxylic acid groups (broad SMARTS) is 1. The van der Waals surface area contributed by atoms with Crippen molar-refractivity contribution >= 4 is 35.5 Å². The number of carbonyl (C=O) groups excluding carboxylic acids is 2. The Labute approximate surface area is 126 Å². The Balaban J connectivity index is 2.42. The summed E-state index contributed by atoms with van der Waals surface area (Å²) in [5.41, 5.74) is 1.70. The maximum absolute atomic E-state index is 11.5. The summed E-state index contributed by atoms with van der Waals surface area (Å²) in [7, 11) is 0. The van der Waals surface area contributed by atoms with Gasteiger partial charge in [0.05, 0.1) is 6.54 Å². The van der Waals surface area contributed by atoms with E-state index in [-0.39, 0.29) is 6.54 Å². The second-order valence-electron chi connectivity index (χ2n) is 4.23. The lowest BCUT2D eigenvalue weighted by Crippen LogP contribution is -2.38. The number of rotatable bonds is 6. The number of hydrogen-bond donors (Lipinski definition) is 3. The fourth-order valence-corrected chi connectivity index (χ4v) is 1.54. The molecule has 0 saturated carbocycles. The van der Waals surface area contributed by atoms with E-state index in [1.165, 1.54) is 6.08 Å². The molecule has 21 heavy (non-hydrogen) atoms. The molecular weight excluding hydrogens is 296 g/mol. The number of halogens is 1. The highest BCUT2D eigenvalue weighted by Crippen LogP contribution is 2.17. The van der Waals surface area contributed by atoms with Crippen LogP contribution in [0.4, 0.5) is 0 Å². The minimum Gasteiger partial charge on any atom is -0.480 e. The van der Waals surface area contributed by atoms with Gasteiger partial charge in [0.2, 0.25) is 11.8 Å². The zero-order chi connectivity index (χ0) is 15.8. The normalized spacial score (nSPS) is 10.4. The Morgan fingerprint density at radius 2 is 1.95 bits per heavy atom. The zero-order valence-corrected chi connectivity index (χ0v) is 12.1. The molecule has 0 unspecified atom stereocenters. The van der Waals surface area contributed by atoms with Gasteiger partial charge in [-0.05, 0) is 30.2 Å². The third kappa shape index (κ3) is 6.58. The topological polar surface area (TPSA) is 95.5 Å². The molecule has 0 bridgehead atoms. The molecule has 6 nitrogen and oxygen atoms in total. The van der Waals surface area contributed by atoms with Crippen LogP contribution < -0.4 is 10.6 Å². The predicted molar refractivity (Wildman–Crippen MR) is 78.9 cm³/mol. The molecule has 2 amide bonds. The van der Waals surface area contributed by atoms with Crippen molar-refractivity contribution in [2.45, 2.75) is 6.92 Å². The van der Waals surface area contributed by atoms with Gasteiger partial charge in [-0.1, -0.05) is 23.7 Å². The van der Waals surface area contributed by atoms with Gasteiger partial charge in [0.25, 0.3) is 0 Å². The predicted octanol–water partition coefficient (Wildman–Crippen LogP) is 0.979. The first-order chi connectivity index (χ1) is 9.88. The summed E-state index contributed by atoms with van der Waals surface area (Å²) in [6, 6.07) is 5.37. The highest BCUT2D eigenvalue weighted by Gasteiger charge is 2.04. The van der Waals surface area contributed by atoms with E-state index in [2.05, 4.69) is 10.6 Å². The van der Waals surface area contributed by atoms with Crippen LogP contribution in [0.5, 0.6) is 0 Å². The molecule has 3 N–H and O–H groups in total. The van der Waals surface area contributed by atoms with Crippen molar-refractivity contribution in [1.82, 2.24) is 10.6 Å². The first-order valence-electron chi connectivity index (χ1n) is 6.09. The molecule has 0 aliphatic carbocycles. The summed E-state index contributed by atoms with van der Waals surface area (Å²) in [6.07, 6.45) is 2.83. The van der Waals surface area contributed by atoms with E-state index in [9.17, 15) is 14.4 Å². The van der Waals surface area contributed by atoms with Gasteiger partial charge >= 0.3 is 5.97 Å². The molecule has 0 aliphatic heterocycles. The number of nitrogens with one attached hydrogen (secondary N) is 2. The molecule has 0 radical (unpaired) electrons. The molecule has 0 spiro atoms. The fraction of sp³-hybridized carbons (Fsp3) is 0.214. The number of aliphatic carboxylic acids is 1. The standard InChI is InChI=1S/C14H15ClN2O4/c1-9-2-3-10(6-11(9)15)4-5-12(18)16-7-13(19)17-8-14(20)21/h2-6H,7-8H2,1H3,(H,16,18)(H,17,19)(H,20,21)/b5-4+. The number of carbonyl (C=O) groups is 3. The zero-order valence-electron chi connectivity index (χ0n) is 11.4. The fourth-order valence-electron chi connectivity index (χ4n) is 1.35. The van der Waals surface area contributed by atoms with E-state index in [0.29, 0.717) is 5.02 Å². The summed E-state index contributed by atoms with van der Waals surface area (Å²) < 4.78 is 0. The van der Waals surface area contributed by atoms with Gasteiger partial charge in [0, 0.05) is 11.1 Å². The Hall–Kier alpha value is -2.34. The molecule has 1 aromatic rings. The van der Waals surface area contributed by atoms with Crippen LogP contribution >= 0.6 is 11.6 Å². The van der Waals surface area contributed by atoms with Crippen LogP contribution in [0.25, 0.3) is 6.08 Å². The first-order valence-corrected chi connectivity index (χ1v) is 6.47. The van der Waals surface area contributed by atoms with Gasteiger partial charge < -0.3 is 15.7 Å². The quantitative estimate of drug-likeness (QED) is 0.682. The molecule has 1 aromatic carbocycles. The van der Waals surface area contributed by atoms with Crippen LogP contribution in [0.15, 0.2) is 24.3 Å². The Morgan fingerprint density at radius 3 is 2.57 bits per heavy atom. The SMILES string of the molecule is Cc1ccc(/C=C/C(=O)NCC(=O)NCC(=O)O)cc1Cl. The van der Waals surface area contributed by atoms with Crippen LogP contribution in [0.2, 0.25) is 5.02 Å². The number of hydrogen-bond acceptors (Lipinski definition) is 3. The van der Waals surface area contributed by atoms with Gasteiger partial charge in [-0.2, -0.15) is 0 Å². The molecule has 7 heteroatoms. The van der Waals surface area contributed by atoms with Gasteiger partial charge in [-0.3, -0.25) is 14.4 Å². The highest BCUT2D eigenvalue weighted by atomic mass is 35.5. The Morgan fingerprint density at radius 1 is 1.24 bits per heavy atom. The third-order valence-electron chi connectivity index (χ3n) is 2.48. The van der Waals surface area contributed by atoms with Crippen LogP contribution in [-0.4, -0.2) is 36.0 Å². The Bertz CT molecular complexity index is 584. The average Bonchev–Trinajstić information content (AvgIpc) is 2.44. The lowest BCUT2D eigenvalue weighted by Gasteiger charge is -2.03. The van der Waals surface area contributed by atoms with Gasteiger partial charge in [-0.25, -0.2) is 0 Å². The second-order valence-corrected chi connectivity index (χ2v) is 4.64. The molecule has 0 saturated heterocycles. The van der Waals surface area contributed by atoms with Crippen molar-refractivity contribution < 1.29 is 19.5 Å². The summed E-state index contributed by atoms with van der Waals surface area (Å²) in [5, 5.41) is 13.4. The van der Waals surface area contributed by atoms with Gasteiger partial charge in [0.15, 0.2) is 0 Å². The van der Waals surface area contributed by atoms with Crippen LogP contribution in [0, 0.1) is 6.92 Å². The van der Waals surface area contributed by atoms with E-state index >= 15 is 0 Å². The maximum Gasteiger partial charge on any atom is 0.322 e. The van der Waals surface area contributed by atoms with Crippen LogP contribution in [-0.2, 0) is 14.4 Å². The van der Waals surface area contributed by atoms with E-state index in [1.807, 2.05) is 19.1 Å². The molecule has 0 fully saturated rings. The first kappa shape index (κ1) is 16.7. The number of aryl methyl sites for hydroxylation is 1. The van der Waals surface area contributed by atoms with Gasteiger partial charge in [0.1, 0.15) is 6.54 Å². The number of benzene rings is 1. The van der Waals surface area contributed by atoms with Gasteiger partial charge in [-0.15, -0.1) is 0 Å². The van der Waals surface area contributed by atoms with Crippen LogP contribution in [0.1, 0.15) is 11.1 Å². The highest BCUT2D eigenvalue weighted by molar-refractivity contribution is 6.31. The van der Waals surface area contributed by atoms with Crippen LogP contribution in [0.3, 0.4) is 0 Å². The number of amides is 2. The largest absolute Gasteiger partial charge is 0.480 e. The average molecular weight is 311 g/mol. The number of carboxylic acids is 1. The molecule has 0 aliphatic rings.